The molecule has 0 aromatic heterocycles. The van der Waals surface area contributed by atoms with Crippen molar-refractivity contribution in [1.29, 1.82) is 0 Å². The van der Waals surface area contributed by atoms with Crippen molar-refractivity contribution in [3.63, 3.8) is 0 Å². The van der Waals surface area contributed by atoms with Crippen LogP contribution in [-0.4, -0.2) is 60.8 Å². The highest BCUT2D eigenvalue weighted by Crippen LogP contribution is 2.32. The summed E-state index contributed by atoms with van der Waals surface area (Å²) in [5.74, 6) is 0. The predicted octanol–water partition coefficient (Wildman–Crippen LogP) is 3.12. The molecule has 0 unspecified atom stereocenters. The first kappa shape index (κ1) is 15.3. The van der Waals surface area contributed by atoms with Crippen LogP contribution in [0.5, 0.6) is 0 Å². The molecule has 3 nitrogen and oxygen atoms in total. The van der Waals surface area contributed by atoms with Gasteiger partial charge in [-0.2, -0.15) is 0 Å². The van der Waals surface area contributed by atoms with E-state index in [0.29, 0.717) is 0 Å². The lowest BCUT2D eigenvalue weighted by atomic mass is 10.2. The van der Waals surface area contributed by atoms with Gasteiger partial charge in [0.1, 0.15) is 0 Å². The van der Waals surface area contributed by atoms with Gasteiger partial charge >= 0.3 is 7.87 Å². The highest BCUT2D eigenvalue weighted by Gasteiger charge is 2.51. The molecule has 0 bridgehead atoms. The largest absolute Gasteiger partial charge is 0.392 e. The summed E-state index contributed by atoms with van der Waals surface area (Å²) in [5, 5.41) is 0. The van der Waals surface area contributed by atoms with Crippen LogP contribution in [0.2, 0.25) is 0 Å². The summed E-state index contributed by atoms with van der Waals surface area (Å²) in [6.07, 6.45) is 12.3. The Hall–Kier alpha value is 0.387. The molecule has 3 saturated heterocycles. The smallest absolute Gasteiger partial charge is 0.287 e. The number of rotatable bonds is 3. The topological polar surface area (TPSA) is 9.72 Å². The zero-order chi connectivity index (χ0) is 13.8. The van der Waals surface area contributed by atoms with Gasteiger partial charge in [0.2, 0.25) is 0 Å². The molecule has 0 aliphatic carbocycles. The van der Waals surface area contributed by atoms with Gasteiger partial charge < -0.3 is 0 Å². The zero-order valence-electron chi connectivity index (χ0n) is 12.8. The molecule has 20 heavy (non-hydrogen) atoms. The number of halogens is 1. The first-order chi connectivity index (χ1) is 9.82. The first-order valence-electron chi connectivity index (χ1n) is 8.76. The summed E-state index contributed by atoms with van der Waals surface area (Å²) in [4.78, 5) is 0. The Kier molecular flexibility index (Phi) is 5.43. The van der Waals surface area contributed by atoms with Crippen molar-refractivity contribution >= 4 is 18.9 Å². The van der Waals surface area contributed by atoms with E-state index in [-0.39, 0.29) is 0 Å². The number of nitrogens with zero attached hydrogens (tertiary/aromatic N) is 3. The summed E-state index contributed by atoms with van der Waals surface area (Å²) in [7, 11) is -2.07. The maximum Gasteiger partial charge on any atom is 0.392 e. The van der Waals surface area contributed by atoms with Crippen molar-refractivity contribution < 1.29 is 0 Å². The Labute approximate surface area is 130 Å². The van der Waals surface area contributed by atoms with E-state index in [9.17, 15) is 0 Å². The van der Waals surface area contributed by atoms with Crippen molar-refractivity contribution in [3.05, 3.63) is 0 Å². The van der Waals surface area contributed by atoms with Crippen LogP contribution in [0.15, 0.2) is 0 Å². The predicted molar refractivity (Wildman–Crippen MR) is 87.9 cm³/mol. The SMILES string of the molecule is Cl[Si](N1CCCCC1)(N1CCCCC1)N1CCCCC1. The summed E-state index contributed by atoms with van der Waals surface area (Å²) in [6.45, 7) is 7.43. The Bertz CT molecular complexity index is 252. The van der Waals surface area contributed by atoms with Gasteiger partial charge in [-0.25, -0.2) is 0 Å². The quantitative estimate of drug-likeness (QED) is 0.585. The van der Waals surface area contributed by atoms with Crippen LogP contribution in [0.1, 0.15) is 57.8 Å². The van der Waals surface area contributed by atoms with Crippen LogP contribution in [0.25, 0.3) is 0 Å². The van der Waals surface area contributed by atoms with Crippen LogP contribution < -0.4 is 0 Å². The van der Waals surface area contributed by atoms with E-state index in [1.807, 2.05) is 0 Å². The molecule has 0 aromatic rings. The van der Waals surface area contributed by atoms with Crippen molar-refractivity contribution in [2.24, 2.45) is 0 Å². The molecule has 0 atom stereocenters. The van der Waals surface area contributed by atoms with Gasteiger partial charge in [0, 0.05) is 0 Å². The highest BCUT2D eigenvalue weighted by molar-refractivity contribution is 7.15. The van der Waals surface area contributed by atoms with Crippen LogP contribution >= 0.6 is 11.1 Å². The minimum atomic E-state index is -2.07. The summed E-state index contributed by atoms with van der Waals surface area (Å²) in [6, 6.07) is 0. The van der Waals surface area contributed by atoms with Gasteiger partial charge in [-0.3, -0.25) is 13.7 Å². The zero-order valence-corrected chi connectivity index (χ0v) is 14.6. The Balaban J connectivity index is 1.79. The lowest BCUT2D eigenvalue weighted by molar-refractivity contribution is 0.203. The molecule has 0 aromatic carbocycles. The molecular weight excluding hydrogens is 286 g/mol. The van der Waals surface area contributed by atoms with E-state index in [4.69, 9.17) is 11.1 Å². The van der Waals surface area contributed by atoms with Gasteiger partial charge in [0.15, 0.2) is 0 Å². The van der Waals surface area contributed by atoms with E-state index < -0.39 is 7.87 Å². The van der Waals surface area contributed by atoms with Crippen molar-refractivity contribution in [3.8, 4) is 0 Å². The van der Waals surface area contributed by atoms with Crippen molar-refractivity contribution in [2.75, 3.05) is 39.3 Å². The molecular formula is C15H30ClN3Si. The fourth-order valence-electron chi connectivity index (χ4n) is 4.14. The monoisotopic (exact) mass is 315 g/mol. The van der Waals surface area contributed by atoms with E-state index in [1.165, 1.54) is 97.1 Å². The lowest BCUT2D eigenvalue weighted by Gasteiger charge is -2.52. The van der Waals surface area contributed by atoms with E-state index in [0.717, 1.165) is 0 Å². The Morgan fingerprint density at radius 1 is 0.450 bits per heavy atom. The Morgan fingerprint density at radius 2 is 0.700 bits per heavy atom. The molecule has 3 rings (SSSR count). The van der Waals surface area contributed by atoms with Gasteiger partial charge in [0.05, 0.1) is 0 Å². The molecule has 0 amide bonds. The van der Waals surface area contributed by atoms with Crippen LogP contribution in [-0.2, 0) is 0 Å². The molecule has 116 valence electrons. The minimum absolute atomic E-state index is 1.24. The average molecular weight is 316 g/mol. The van der Waals surface area contributed by atoms with Gasteiger partial charge in [-0.1, -0.05) is 19.3 Å². The minimum Gasteiger partial charge on any atom is -0.287 e. The second-order valence-electron chi connectivity index (χ2n) is 6.70. The maximum atomic E-state index is 7.49. The molecule has 5 heteroatoms. The summed E-state index contributed by atoms with van der Waals surface area (Å²) >= 11 is 7.49. The van der Waals surface area contributed by atoms with E-state index in [1.54, 1.807) is 0 Å². The number of piperidine rings is 3. The third-order valence-electron chi connectivity index (χ3n) is 5.28. The lowest BCUT2D eigenvalue weighted by Crippen LogP contribution is -2.73. The van der Waals surface area contributed by atoms with Gasteiger partial charge in [0.25, 0.3) is 0 Å². The van der Waals surface area contributed by atoms with Crippen LogP contribution in [0.3, 0.4) is 0 Å². The summed E-state index contributed by atoms with van der Waals surface area (Å²) in [5.41, 5.74) is 0. The average Bonchev–Trinajstić information content (AvgIpc) is 2.56. The third kappa shape index (κ3) is 3.09. The molecule has 0 spiro atoms. The fraction of sp³-hybridized carbons (Fsp3) is 1.00. The van der Waals surface area contributed by atoms with Gasteiger partial charge in [-0.05, 0) is 77.8 Å². The second kappa shape index (κ2) is 7.10. The van der Waals surface area contributed by atoms with Gasteiger partial charge in [-0.15, -0.1) is 11.1 Å². The molecule has 0 saturated carbocycles. The summed E-state index contributed by atoms with van der Waals surface area (Å²) < 4.78 is 8.15. The molecule has 3 aliphatic rings. The molecule has 0 N–H and O–H groups in total. The van der Waals surface area contributed by atoms with Crippen LogP contribution in [0.4, 0.5) is 0 Å². The van der Waals surface area contributed by atoms with E-state index in [2.05, 4.69) is 13.7 Å². The second-order valence-corrected chi connectivity index (χ2v) is 11.2. The van der Waals surface area contributed by atoms with Crippen molar-refractivity contribution in [1.82, 2.24) is 13.7 Å². The van der Waals surface area contributed by atoms with Crippen LogP contribution in [0, 0.1) is 0 Å². The number of hydrogen-bond acceptors (Lipinski definition) is 3. The standard InChI is InChI=1S/C15H30ClN3Si/c16-20(17-10-4-1-5-11-17,18-12-6-2-7-13-18)19-14-8-3-9-15-19/h1-15H2. The Morgan fingerprint density at radius 3 is 0.950 bits per heavy atom. The molecule has 3 aliphatic heterocycles. The third-order valence-corrected chi connectivity index (χ3v) is 11.2. The maximum absolute atomic E-state index is 7.49. The fourth-order valence-corrected chi connectivity index (χ4v) is 9.51. The molecule has 3 heterocycles. The van der Waals surface area contributed by atoms with Crippen molar-refractivity contribution in [2.45, 2.75) is 57.8 Å². The molecule has 3 fully saturated rings. The normalized spacial score (nSPS) is 28.6. The first-order valence-corrected chi connectivity index (χ1v) is 11.6. The number of hydrogen-bond donors (Lipinski definition) is 0. The van der Waals surface area contributed by atoms with E-state index >= 15 is 0 Å². The highest BCUT2D eigenvalue weighted by atomic mass is 35.6. The molecule has 0 radical (unpaired) electrons.